The fourth-order valence-corrected chi connectivity index (χ4v) is 1.47. The molecule has 0 fully saturated rings. The van der Waals surface area contributed by atoms with Crippen LogP contribution in [0, 0.1) is 0 Å². The normalized spacial score (nSPS) is 9.58. The molecule has 19 heavy (non-hydrogen) atoms. The molecule has 6 nitrogen and oxygen atoms in total. The van der Waals surface area contributed by atoms with Crippen LogP contribution >= 0.6 is 0 Å². The summed E-state index contributed by atoms with van der Waals surface area (Å²) in [5, 5.41) is 5.25. The maximum atomic E-state index is 11.5. The van der Waals surface area contributed by atoms with E-state index in [0.29, 0.717) is 6.54 Å². The van der Waals surface area contributed by atoms with Crippen LogP contribution in [0.2, 0.25) is 0 Å². The number of carbonyl (C=O) groups is 2. The van der Waals surface area contributed by atoms with Gasteiger partial charge in [-0.25, -0.2) is 4.79 Å². The number of hydrogen-bond acceptors (Lipinski definition) is 4. The molecule has 0 radical (unpaired) electrons. The summed E-state index contributed by atoms with van der Waals surface area (Å²) in [6, 6.07) is 7.09. The van der Waals surface area contributed by atoms with Gasteiger partial charge in [0.05, 0.1) is 20.6 Å². The number of rotatable bonds is 6. The first kappa shape index (κ1) is 14.8. The number of nitrogens with one attached hydrogen (secondary N) is 2. The zero-order valence-corrected chi connectivity index (χ0v) is 11.1. The van der Waals surface area contributed by atoms with E-state index in [1.165, 1.54) is 7.11 Å². The van der Waals surface area contributed by atoms with E-state index in [9.17, 15) is 9.59 Å². The highest BCUT2D eigenvalue weighted by Gasteiger charge is 2.05. The van der Waals surface area contributed by atoms with E-state index in [1.54, 1.807) is 7.11 Å². The van der Waals surface area contributed by atoms with E-state index in [-0.39, 0.29) is 25.0 Å². The van der Waals surface area contributed by atoms with Crippen molar-refractivity contribution in [1.29, 1.82) is 0 Å². The first-order valence-electron chi connectivity index (χ1n) is 5.87. The monoisotopic (exact) mass is 266 g/mol. The molecule has 1 aromatic rings. The molecule has 0 saturated carbocycles. The molecule has 6 heteroatoms. The second-order valence-electron chi connectivity index (χ2n) is 3.75. The summed E-state index contributed by atoms with van der Waals surface area (Å²) in [5.41, 5.74) is 0.883. The second kappa shape index (κ2) is 7.97. The van der Waals surface area contributed by atoms with Gasteiger partial charge in [0.1, 0.15) is 5.75 Å². The minimum Gasteiger partial charge on any atom is -0.496 e. The van der Waals surface area contributed by atoms with Gasteiger partial charge in [-0.15, -0.1) is 0 Å². The summed E-state index contributed by atoms with van der Waals surface area (Å²) in [7, 11) is 2.89. The Morgan fingerprint density at radius 1 is 1.16 bits per heavy atom. The Kier molecular flexibility index (Phi) is 6.21. The molecule has 0 saturated heterocycles. The average Bonchev–Trinajstić information content (AvgIpc) is 2.45. The van der Waals surface area contributed by atoms with E-state index in [1.807, 2.05) is 24.3 Å². The summed E-state index contributed by atoms with van der Waals surface area (Å²) in [6.45, 7) is 0.596. The highest BCUT2D eigenvalue weighted by atomic mass is 16.5. The molecule has 0 heterocycles. The van der Waals surface area contributed by atoms with Gasteiger partial charge in [0.25, 0.3) is 0 Å². The van der Waals surface area contributed by atoms with Crippen LogP contribution in [0.1, 0.15) is 12.0 Å². The third-order valence-electron chi connectivity index (χ3n) is 2.47. The Hall–Kier alpha value is -2.24. The molecular weight excluding hydrogens is 248 g/mol. The SMILES string of the molecule is COC(=O)CCNC(=O)NCc1ccccc1OC. The highest BCUT2D eigenvalue weighted by molar-refractivity contribution is 5.75. The Balaban J connectivity index is 2.32. The summed E-state index contributed by atoms with van der Waals surface area (Å²) in [5.74, 6) is 0.363. The summed E-state index contributed by atoms with van der Waals surface area (Å²) in [4.78, 5) is 22.3. The Morgan fingerprint density at radius 2 is 1.89 bits per heavy atom. The van der Waals surface area contributed by atoms with Crippen LogP contribution in [-0.4, -0.2) is 32.8 Å². The van der Waals surface area contributed by atoms with Gasteiger partial charge in [-0.2, -0.15) is 0 Å². The number of hydrogen-bond donors (Lipinski definition) is 2. The van der Waals surface area contributed by atoms with Crippen LogP contribution in [-0.2, 0) is 16.1 Å². The van der Waals surface area contributed by atoms with Gasteiger partial charge in [-0.1, -0.05) is 18.2 Å². The highest BCUT2D eigenvalue weighted by Crippen LogP contribution is 2.16. The molecule has 0 unspecified atom stereocenters. The molecular formula is C13H18N2O4. The molecule has 2 N–H and O–H groups in total. The number of para-hydroxylation sites is 1. The van der Waals surface area contributed by atoms with E-state index >= 15 is 0 Å². The number of methoxy groups -OCH3 is 2. The number of benzene rings is 1. The van der Waals surface area contributed by atoms with Gasteiger partial charge in [0, 0.05) is 18.7 Å². The molecule has 0 aliphatic heterocycles. The molecule has 2 amide bonds. The van der Waals surface area contributed by atoms with Crippen molar-refractivity contribution in [2.75, 3.05) is 20.8 Å². The topological polar surface area (TPSA) is 76.7 Å². The Bertz CT molecular complexity index is 434. The van der Waals surface area contributed by atoms with Crippen molar-refractivity contribution in [3.63, 3.8) is 0 Å². The summed E-state index contributed by atoms with van der Waals surface area (Å²) >= 11 is 0. The summed E-state index contributed by atoms with van der Waals surface area (Å²) < 4.78 is 9.64. The first-order chi connectivity index (χ1) is 9.17. The number of urea groups is 1. The third-order valence-corrected chi connectivity index (χ3v) is 2.47. The van der Waals surface area contributed by atoms with Crippen LogP contribution < -0.4 is 15.4 Å². The van der Waals surface area contributed by atoms with Crippen molar-refractivity contribution in [2.45, 2.75) is 13.0 Å². The predicted octanol–water partition coefficient (Wildman–Crippen LogP) is 1.06. The van der Waals surface area contributed by atoms with Gasteiger partial charge < -0.3 is 20.1 Å². The molecule has 0 spiro atoms. The van der Waals surface area contributed by atoms with Crippen molar-refractivity contribution in [3.8, 4) is 5.75 Å². The fourth-order valence-electron chi connectivity index (χ4n) is 1.47. The first-order valence-corrected chi connectivity index (χ1v) is 5.87. The van der Waals surface area contributed by atoms with E-state index in [2.05, 4.69) is 15.4 Å². The van der Waals surface area contributed by atoms with Crippen molar-refractivity contribution >= 4 is 12.0 Å². The molecule has 1 aromatic carbocycles. The van der Waals surface area contributed by atoms with E-state index in [0.717, 1.165) is 11.3 Å². The van der Waals surface area contributed by atoms with E-state index < -0.39 is 0 Å². The lowest BCUT2D eigenvalue weighted by atomic mass is 10.2. The predicted molar refractivity (Wildman–Crippen MR) is 69.9 cm³/mol. The fraction of sp³-hybridized carbons (Fsp3) is 0.385. The van der Waals surface area contributed by atoms with Crippen LogP contribution in [0.5, 0.6) is 5.75 Å². The Morgan fingerprint density at radius 3 is 2.58 bits per heavy atom. The molecule has 1 rings (SSSR count). The van der Waals surface area contributed by atoms with Crippen molar-refractivity contribution < 1.29 is 19.1 Å². The molecule has 0 aliphatic carbocycles. The quantitative estimate of drug-likeness (QED) is 0.755. The molecule has 104 valence electrons. The van der Waals surface area contributed by atoms with Gasteiger partial charge in [-0.05, 0) is 6.07 Å². The maximum absolute atomic E-state index is 11.5. The van der Waals surface area contributed by atoms with Crippen LogP contribution in [0.4, 0.5) is 4.79 Å². The second-order valence-corrected chi connectivity index (χ2v) is 3.75. The lowest BCUT2D eigenvalue weighted by Gasteiger charge is -2.10. The van der Waals surface area contributed by atoms with Crippen molar-refractivity contribution in [1.82, 2.24) is 10.6 Å². The minimum absolute atomic E-state index is 0.151. The lowest BCUT2D eigenvalue weighted by Crippen LogP contribution is -2.36. The lowest BCUT2D eigenvalue weighted by molar-refractivity contribution is -0.140. The van der Waals surface area contributed by atoms with E-state index in [4.69, 9.17) is 4.74 Å². The van der Waals surface area contributed by atoms with Crippen LogP contribution in [0.3, 0.4) is 0 Å². The van der Waals surface area contributed by atoms with Crippen molar-refractivity contribution in [3.05, 3.63) is 29.8 Å². The average molecular weight is 266 g/mol. The van der Waals surface area contributed by atoms with Crippen LogP contribution in [0.15, 0.2) is 24.3 Å². The Labute approximate surface area is 112 Å². The zero-order valence-electron chi connectivity index (χ0n) is 11.1. The molecule has 0 aliphatic rings. The number of amides is 2. The van der Waals surface area contributed by atoms with Crippen molar-refractivity contribution in [2.24, 2.45) is 0 Å². The number of carbonyl (C=O) groups excluding carboxylic acids is 2. The molecule has 0 bridgehead atoms. The standard InChI is InChI=1S/C13H18N2O4/c1-18-11-6-4-3-5-10(11)9-15-13(17)14-8-7-12(16)19-2/h3-6H,7-9H2,1-2H3,(H2,14,15,17). The number of esters is 1. The maximum Gasteiger partial charge on any atom is 0.315 e. The summed E-state index contributed by atoms with van der Waals surface area (Å²) in [6.07, 6.45) is 0.151. The smallest absolute Gasteiger partial charge is 0.315 e. The molecule has 0 aromatic heterocycles. The number of ether oxygens (including phenoxy) is 2. The third kappa shape index (κ3) is 5.29. The molecule has 0 atom stereocenters. The largest absolute Gasteiger partial charge is 0.496 e. The van der Waals surface area contributed by atoms with Gasteiger partial charge in [-0.3, -0.25) is 4.79 Å². The van der Waals surface area contributed by atoms with Gasteiger partial charge >= 0.3 is 12.0 Å². The zero-order chi connectivity index (χ0) is 14.1. The minimum atomic E-state index is -0.356. The van der Waals surface area contributed by atoms with Gasteiger partial charge in [0.2, 0.25) is 0 Å². The van der Waals surface area contributed by atoms with Gasteiger partial charge in [0.15, 0.2) is 0 Å². The van der Waals surface area contributed by atoms with Crippen LogP contribution in [0.25, 0.3) is 0 Å².